The Labute approximate surface area is 134 Å². The van der Waals surface area contributed by atoms with Crippen molar-refractivity contribution in [3.63, 3.8) is 0 Å². The molecule has 0 bridgehead atoms. The number of amides is 1. The molecule has 0 spiro atoms. The largest absolute Gasteiger partial charge is 0.360 e. The molecule has 2 saturated carbocycles. The van der Waals surface area contributed by atoms with Gasteiger partial charge in [0.25, 0.3) is 5.91 Å². The minimum atomic E-state index is -0.237. The van der Waals surface area contributed by atoms with Crippen LogP contribution in [0.3, 0.4) is 0 Å². The SMILES string of the molecule is CC(C)c1cc(C(=O)NCc2nnc(C3CC3)n2C2CC2)no1. The average molecular weight is 315 g/mol. The zero-order valence-electron chi connectivity index (χ0n) is 13.5. The standard InChI is InChI=1S/C16H21N5O2/c1-9(2)13-7-12(20-23-13)16(22)17-8-14-18-19-15(10-3-4-10)21(14)11-5-6-11/h7,9-11H,3-6,8H2,1-2H3,(H,17,22). The Balaban J connectivity index is 1.45. The summed E-state index contributed by atoms with van der Waals surface area (Å²) in [5, 5.41) is 15.3. The van der Waals surface area contributed by atoms with Gasteiger partial charge in [-0.2, -0.15) is 0 Å². The van der Waals surface area contributed by atoms with Gasteiger partial charge in [0, 0.05) is 23.9 Å². The summed E-state index contributed by atoms with van der Waals surface area (Å²) in [5.41, 5.74) is 0.314. The molecule has 1 amide bonds. The normalized spacial score (nSPS) is 17.7. The van der Waals surface area contributed by atoms with Crippen molar-refractivity contribution in [2.45, 2.75) is 64.0 Å². The summed E-state index contributed by atoms with van der Waals surface area (Å²) >= 11 is 0. The van der Waals surface area contributed by atoms with Crippen molar-refractivity contribution in [3.8, 4) is 0 Å². The molecule has 0 aromatic carbocycles. The second kappa shape index (κ2) is 5.47. The Morgan fingerprint density at radius 1 is 1.35 bits per heavy atom. The maximum absolute atomic E-state index is 12.2. The number of nitrogens with one attached hydrogen (secondary N) is 1. The number of hydrogen-bond acceptors (Lipinski definition) is 5. The average Bonchev–Trinajstić information content (AvgIpc) is 3.46. The van der Waals surface area contributed by atoms with Crippen LogP contribution in [-0.4, -0.2) is 25.8 Å². The number of carbonyl (C=O) groups is 1. The van der Waals surface area contributed by atoms with Crippen LogP contribution < -0.4 is 5.32 Å². The summed E-state index contributed by atoms with van der Waals surface area (Å²) in [7, 11) is 0. The second-order valence-electron chi connectivity index (χ2n) is 6.80. The quantitative estimate of drug-likeness (QED) is 0.885. The first kappa shape index (κ1) is 14.4. The first-order valence-corrected chi connectivity index (χ1v) is 8.32. The van der Waals surface area contributed by atoms with E-state index in [0.29, 0.717) is 30.0 Å². The lowest BCUT2D eigenvalue weighted by molar-refractivity contribution is 0.0940. The number of nitrogens with zero attached hydrogens (tertiary/aromatic N) is 4. The highest BCUT2D eigenvalue weighted by atomic mass is 16.5. The maximum atomic E-state index is 12.2. The Hall–Kier alpha value is -2.18. The number of aromatic nitrogens is 4. The van der Waals surface area contributed by atoms with E-state index >= 15 is 0 Å². The van der Waals surface area contributed by atoms with Crippen LogP contribution in [0.25, 0.3) is 0 Å². The molecule has 0 saturated heterocycles. The van der Waals surface area contributed by atoms with E-state index in [2.05, 4.69) is 25.2 Å². The van der Waals surface area contributed by atoms with Crippen molar-refractivity contribution in [2.24, 2.45) is 0 Å². The zero-order valence-corrected chi connectivity index (χ0v) is 13.5. The Kier molecular flexibility index (Phi) is 3.43. The van der Waals surface area contributed by atoms with E-state index in [-0.39, 0.29) is 11.8 Å². The molecule has 2 aromatic rings. The summed E-state index contributed by atoms with van der Waals surface area (Å²) < 4.78 is 7.41. The molecular weight excluding hydrogens is 294 g/mol. The third-order valence-corrected chi connectivity index (χ3v) is 4.38. The van der Waals surface area contributed by atoms with Gasteiger partial charge < -0.3 is 14.4 Å². The fourth-order valence-electron chi connectivity index (χ4n) is 2.73. The van der Waals surface area contributed by atoms with Gasteiger partial charge in [-0.1, -0.05) is 19.0 Å². The molecule has 4 rings (SSSR count). The summed E-state index contributed by atoms with van der Waals surface area (Å²) in [6, 6.07) is 2.22. The highest BCUT2D eigenvalue weighted by Crippen LogP contribution is 2.44. The predicted molar refractivity (Wildman–Crippen MR) is 82.0 cm³/mol. The van der Waals surface area contributed by atoms with E-state index in [0.717, 1.165) is 11.6 Å². The van der Waals surface area contributed by atoms with Gasteiger partial charge in [-0.25, -0.2) is 0 Å². The molecule has 2 aliphatic carbocycles. The smallest absolute Gasteiger partial charge is 0.273 e. The summed E-state index contributed by atoms with van der Waals surface area (Å²) in [6.45, 7) is 4.37. The van der Waals surface area contributed by atoms with Crippen LogP contribution in [0.15, 0.2) is 10.6 Å². The summed E-state index contributed by atoms with van der Waals surface area (Å²) in [6.07, 6.45) is 4.77. The Morgan fingerprint density at radius 2 is 2.13 bits per heavy atom. The third kappa shape index (κ3) is 2.87. The fourth-order valence-corrected chi connectivity index (χ4v) is 2.73. The van der Waals surface area contributed by atoms with Gasteiger partial charge >= 0.3 is 0 Å². The van der Waals surface area contributed by atoms with Crippen molar-refractivity contribution >= 4 is 5.91 Å². The molecule has 1 N–H and O–H groups in total. The molecule has 2 aliphatic rings. The highest BCUT2D eigenvalue weighted by Gasteiger charge is 2.36. The Bertz CT molecular complexity index is 725. The van der Waals surface area contributed by atoms with Gasteiger partial charge in [-0.15, -0.1) is 10.2 Å². The van der Waals surface area contributed by atoms with Crippen LogP contribution in [0.4, 0.5) is 0 Å². The molecule has 2 heterocycles. The van der Waals surface area contributed by atoms with Crippen molar-refractivity contribution < 1.29 is 9.32 Å². The molecule has 2 aromatic heterocycles. The van der Waals surface area contributed by atoms with E-state index in [1.165, 1.54) is 25.7 Å². The van der Waals surface area contributed by atoms with Gasteiger partial charge in [0.1, 0.15) is 11.6 Å². The van der Waals surface area contributed by atoms with Gasteiger partial charge in [-0.3, -0.25) is 4.79 Å². The molecule has 0 unspecified atom stereocenters. The van der Waals surface area contributed by atoms with Crippen LogP contribution in [0.2, 0.25) is 0 Å². The van der Waals surface area contributed by atoms with Crippen LogP contribution in [0.5, 0.6) is 0 Å². The molecular formula is C16H21N5O2. The van der Waals surface area contributed by atoms with Crippen LogP contribution in [0, 0.1) is 0 Å². The van der Waals surface area contributed by atoms with E-state index in [1.807, 2.05) is 13.8 Å². The van der Waals surface area contributed by atoms with E-state index in [9.17, 15) is 4.79 Å². The van der Waals surface area contributed by atoms with Crippen molar-refractivity contribution in [3.05, 3.63) is 29.2 Å². The predicted octanol–water partition coefficient (Wildman–Crippen LogP) is 2.53. The number of carbonyl (C=O) groups excluding carboxylic acids is 1. The fraction of sp³-hybridized carbons (Fsp3) is 0.625. The van der Waals surface area contributed by atoms with E-state index in [4.69, 9.17) is 4.52 Å². The molecule has 0 radical (unpaired) electrons. The lowest BCUT2D eigenvalue weighted by Crippen LogP contribution is -2.25. The van der Waals surface area contributed by atoms with Crippen LogP contribution in [0.1, 0.15) is 85.3 Å². The lowest BCUT2D eigenvalue weighted by Gasteiger charge is -2.08. The molecule has 2 fully saturated rings. The third-order valence-electron chi connectivity index (χ3n) is 4.38. The molecule has 0 aliphatic heterocycles. The molecule has 0 atom stereocenters. The maximum Gasteiger partial charge on any atom is 0.273 e. The monoisotopic (exact) mass is 315 g/mol. The van der Waals surface area contributed by atoms with Crippen LogP contribution >= 0.6 is 0 Å². The van der Waals surface area contributed by atoms with Crippen molar-refractivity contribution in [1.82, 2.24) is 25.2 Å². The highest BCUT2D eigenvalue weighted by molar-refractivity contribution is 5.92. The van der Waals surface area contributed by atoms with Gasteiger partial charge in [0.05, 0.1) is 6.54 Å². The minimum Gasteiger partial charge on any atom is -0.360 e. The van der Waals surface area contributed by atoms with Crippen LogP contribution in [-0.2, 0) is 6.54 Å². The summed E-state index contributed by atoms with van der Waals surface area (Å²) in [4.78, 5) is 12.2. The number of rotatable bonds is 6. The Morgan fingerprint density at radius 3 is 2.74 bits per heavy atom. The van der Waals surface area contributed by atoms with Gasteiger partial charge in [0.2, 0.25) is 0 Å². The van der Waals surface area contributed by atoms with E-state index in [1.54, 1.807) is 6.07 Å². The lowest BCUT2D eigenvalue weighted by atomic mass is 10.1. The van der Waals surface area contributed by atoms with Crippen molar-refractivity contribution in [2.75, 3.05) is 0 Å². The second-order valence-corrected chi connectivity index (χ2v) is 6.80. The first-order chi connectivity index (χ1) is 11.1. The molecule has 23 heavy (non-hydrogen) atoms. The minimum absolute atomic E-state index is 0.211. The number of hydrogen-bond donors (Lipinski definition) is 1. The first-order valence-electron chi connectivity index (χ1n) is 8.32. The van der Waals surface area contributed by atoms with E-state index < -0.39 is 0 Å². The van der Waals surface area contributed by atoms with Crippen molar-refractivity contribution in [1.29, 1.82) is 0 Å². The summed E-state index contributed by atoms with van der Waals surface area (Å²) in [5.74, 6) is 3.20. The van der Waals surface area contributed by atoms with Gasteiger partial charge in [0.15, 0.2) is 11.5 Å². The molecule has 122 valence electrons. The molecule has 7 nitrogen and oxygen atoms in total. The molecule has 7 heteroatoms. The van der Waals surface area contributed by atoms with Gasteiger partial charge in [-0.05, 0) is 25.7 Å². The zero-order chi connectivity index (χ0) is 16.0. The topological polar surface area (TPSA) is 85.8 Å².